The van der Waals surface area contributed by atoms with E-state index in [4.69, 9.17) is 4.74 Å². The van der Waals surface area contributed by atoms with Crippen LogP contribution in [0.4, 0.5) is 0 Å². The minimum absolute atomic E-state index is 0.785. The van der Waals surface area contributed by atoms with Gasteiger partial charge in [0.15, 0.2) is 5.96 Å². The maximum Gasteiger partial charge on any atom is 0.191 e. The first kappa shape index (κ1) is 16.3. The lowest BCUT2D eigenvalue weighted by molar-refractivity contribution is 0.145. The second-order valence-corrected chi connectivity index (χ2v) is 4.49. The zero-order chi connectivity index (χ0) is 12.8. The van der Waals surface area contributed by atoms with Crippen LogP contribution in [-0.4, -0.2) is 50.8 Å². The summed E-state index contributed by atoms with van der Waals surface area (Å²) >= 11 is 1.86. The lowest BCUT2D eigenvalue weighted by Crippen LogP contribution is -2.39. The number of ether oxygens (including phenoxy) is 1. The largest absolute Gasteiger partial charge is 0.382 e. The first-order chi connectivity index (χ1) is 8.35. The maximum absolute atomic E-state index is 5.26. The Morgan fingerprint density at radius 2 is 2.18 bits per heavy atom. The van der Waals surface area contributed by atoms with Crippen molar-refractivity contribution in [2.75, 3.05) is 44.9 Å². The average Bonchev–Trinajstić information content (AvgIpc) is 2.36. The number of hydrogen-bond acceptors (Lipinski definition) is 3. The van der Waals surface area contributed by atoms with Crippen molar-refractivity contribution in [3.05, 3.63) is 12.7 Å². The second-order valence-electron chi connectivity index (χ2n) is 3.34. The Balaban J connectivity index is 3.40. The van der Waals surface area contributed by atoms with Gasteiger partial charge in [0.2, 0.25) is 0 Å². The highest BCUT2D eigenvalue weighted by Gasteiger charge is 1.95. The lowest BCUT2D eigenvalue weighted by Gasteiger charge is -2.11. The van der Waals surface area contributed by atoms with Crippen molar-refractivity contribution in [2.45, 2.75) is 13.3 Å². The molecule has 0 fully saturated rings. The van der Waals surface area contributed by atoms with Crippen molar-refractivity contribution >= 4 is 17.7 Å². The van der Waals surface area contributed by atoms with E-state index in [-0.39, 0.29) is 0 Å². The molecule has 2 N–H and O–H groups in total. The summed E-state index contributed by atoms with van der Waals surface area (Å²) in [7, 11) is 1.79. The number of aliphatic imine (C=N–C) groups is 1. The molecule has 0 aromatic carbocycles. The average molecular weight is 259 g/mol. The molecule has 0 saturated heterocycles. The molecule has 0 bridgehead atoms. The van der Waals surface area contributed by atoms with Crippen LogP contribution in [0.15, 0.2) is 17.6 Å². The first-order valence-electron chi connectivity index (χ1n) is 6.06. The summed E-state index contributed by atoms with van der Waals surface area (Å²) in [5.74, 6) is 2.92. The van der Waals surface area contributed by atoms with Gasteiger partial charge in [-0.25, -0.2) is 0 Å². The van der Waals surface area contributed by atoms with Gasteiger partial charge in [-0.2, -0.15) is 11.8 Å². The molecule has 0 aromatic heterocycles. The standard InChI is InChI=1S/C12H25N3OS/c1-4-10-17-11-8-15-12(13-3)14-7-6-9-16-5-2/h4H,1,5-11H2,2-3H3,(H2,13,14,15). The van der Waals surface area contributed by atoms with Crippen molar-refractivity contribution in [3.63, 3.8) is 0 Å². The number of guanidine groups is 1. The third-order valence-corrected chi connectivity index (χ3v) is 2.92. The van der Waals surface area contributed by atoms with E-state index in [1.54, 1.807) is 7.05 Å². The van der Waals surface area contributed by atoms with Crippen molar-refractivity contribution in [1.82, 2.24) is 10.6 Å². The molecule has 0 rings (SSSR count). The first-order valence-corrected chi connectivity index (χ1v) is 7.21. The molecule has 0 saturated carbocycles. The van der Waals surface area contributed by atoms with Crippen LogP contribution in [0.5, 0.6) is 0 Å². The Bertz CT molecular complexity index is 210. The molecule has 0 atom stereocenters. The van der Waals surface area contributed by atoms with E-state index in [9.17, 15) is 0 Å². The third-order valence-electron chi connectivity index (χ3n) is 1.96. The molecule has 100 valence electrons. The van der Waals surface area contributed by atoms with Gasteiger partial charge in [-0.1, -0.05) is 6.08 Å². The summed E-state index contributed by atoms with van der Waals surface area (Å²) in [4.78, 5) is 4.15. The van der Waals surface area contributed by atoms with E-state index < -0.39 is 0 Å². The van der Waals surface area contributed by atoms with Gasteiger partial charge in [0.1, 0.15) is 0 Å². The van der Waals surface area contributed by atoms with E-state index in [0.29, 0.717) is 0 Å². The Morgan fingerprint density at radius 1 is 1.41 bits per heavy atom. The van der Waals surface area contributed by atoms with Crippen LogP contribution in [0, 0.1) is 0 Å². The summed E-state index contributed by atoms with van der Waals surface area (Å²) in [6.45, 7) is 9.09. The summed E-state index contributed by atoms with van der Waals surface area (Å²) in [5, 5.41) is 6.51. The predicted molar refractivity (Wildman–Crippen MR) is 78.0 cm³/mol. The molecule has 0 amide bonds. The molecule has 0 radical (unpaired) electrons. The van der Waals surface area contributed by atoms with Crippen LogP contribution in [0.1, 0.15) is 13.3 Å². The quantitative estimate of drug-likeness (QED) is 0.270. The second kappa shape index (κ2) is 13.4. The fraction of sp³-hybridized carbons (Fsp3) is 0.750. The van der Waals surface area contributed by atoms with Crippen LogP contribution in [0.3, 0.4) is 0 Å². The molecular weight excluding hydrogens is 234 g/mol. The van der Waals surface area contributed by atoms with Crippen LogP contribution in [0.2, 0.25) is 0 Å². The molecular formula is C12H25N3OS. The number of rotatable bonds is 10. The molecule has 0 aliphatic rings. The maximum atomic E-state index is 5.26. The summed E-state index contributed by atoms with van der Waals surface area (Å²) < 4.78 is 5.26. The zero-order valence-electron chi connectivity index (χ0n) is 11.0. The topological polar surface area (TPSA) is 45.7 Å². The summed E-state index contributed by atoms with van der Waals surface area (Å²) in [6.07, 6.45) is 2.92. The molecule has 0 aliphatic carbocycles. The molecule has 17 heavy (non-hydrogen) atoms. The van der Waals surface area contributed by atoms with Crippen molar-refractivity contribution < 1.29 is 4.74 Å². The highest BCUT2D eigenvalue weighted by atomic mass is 32.2. The minimum atomic E-state index is 0.785. The summed E-state index contributed by atoms with van der Waals surface area (Å²) in [6, 6.07) is 0. The van der Waals surface area contributed by atoms with Gasteiger partial charge < -0.3 is 15.4 Å². The normalized spacial score (nSPS) is 11.3. The molecule has 0 unspecified atom stereocenters. The van der Waals surface area contributed by atoms with Crippen molar-refractivity contribution in [1.29, 1.82) is 0 Å². The van der Waals surface area contributed by atoms with Gasteiger partial charge in [-0.3, -0.25) is 4.99 Å². The molecule has 5 heteroatoms. The molecule has 0 aliphatic heterocycles. The van der Waals surface area contributed by atoms with Gasteiger partial charge in [-0.05, 0) is 13.3 Å². The lowest BCUT2D eigenvalue weighted by atomic mass is 10.4. The number of nitrogens with zero attached hydrogens (tertiary/aromatic N) is 1. The Labute approximate surface area is 109 Å². The predicted octanol–water partition coefficient (Wildman–Crippen LogP) is 1.50. The van der Waals surface area contributed by atoms with E-state index in [1.165, 1.54) is 0 Å². The van der Waals surface area contributed by atoms with Gasteiger partial charge in [0.05, 0.1) is 0 Å². The highest BCUT2D eigenvalue weighted by Crippen LogP contribution is 1.96. The van der Waals surface area contributed by atoms with Gasteiger partial charge >= 0.3 is 0 Å². The highest BCUT2D eigenvalue weighted by molar-refractivity contribution is 7.99. The zero-order valence-corrected chi connectivity index (χ0v) is 11.8. The van der Waals surface area contributed by atoms with E-state index in [0.717, 1.165) is 50.2 Å². The molecule has 4 nitrogen and oxygen atoms in total. The van der Waals surface area contributed by atoms with Gasteiger partial charge in [0, 0.05) is 44.9 Å². The molecule has 0 aromatic rings. The minimum Gasteiger partial charge on any atom is -0.382 e. The molecule has 0 spiro atoms. The smallest absolute Gasteiger partial charge is 0.191 e. The van der Waals surface area contributed by atoms with Crippen molar-refractivity contribution in [3.8, 4) is 0 Å². The Kier molecular flexibility index (Phi) is 12.8. The Morgan fingerprint density at radius 3 is 2.82 bits per heavy atom. The van der Waals surface area contributed by atoms with E-state index in [2.05, 4.69) is 22.2 Å². The fourth-order valence-electron chi connectivity index (χ4n) is 1.15. The SMILES string of the molecule is C=CCSCCNC(=NC)NCCCOCC. The van der Waals surface area contributed by atoms with Crippen LogP contribution in [-0.2, 0) is 4.74 Å². The van der Waals surface area contributed by atoms with E-state index in [1.807, 2.05) is 24.8 Å². The molecule has 0 heterocycles. The van der Waals surface area contributed by atoms with Crippen LogP contribution in [0.25, 0.3) is 0 Å². The number of thioether (sulfide) groups is 1. The van der Waals surface area contributed by atoms with Crippen LogP contribution >= 0.6 is 11.8 Å². The van der Waals surface area contributed by atoms with Gasteiger partial charge in [-0.15, -0.1) is 6.58 Å². The monoisotopic (exact) mass is 259 g/mol. The van der Waals surface area contributed by atoms with Crippen LogP contribution < -0.4 is 10.6 Å². The van der Waals surface area contributed by atoms with E-state index >= 15 is 0 Å². The summed E-state index contributed by atoms with van der Waals surface area (Å²) in [5.41, 5.74) is 0. The fourth-order valence-corrected chi connectivity index (χ4v) is 1.73. The van der Waals surface area contributed by atoms with Gasteiger partial charge in [0.25, 0.3) is 0 Å². The van der Waals surface area contributed by atoms with Crippen molar-refractivity contribution in [2.24, 2.45) is 4.99 Å². The third kappa shape index (κ3) is 11.6. The number of hydrogen-bond donors (Lipinski definition) is 2. The Hall–Kier alpha value is -0.680. The number of nitrogens with one attached hydrogen (secondary N) is 2.